The van der Waals surface area contributed by atoms with Crippen molar-refractivity contribution in [2.75, 3.05) is 0 Å². The number of aldehydes is 1. The number of hydrogen-bond donors (Lipinski definition) is 0. The predicted octanol–water partition coefficient (Wildman–Crippen LogP) is 2.79. The van der Waals surface area contributed by atoms with Gasteiger partial charge in [-0.3, -0.25) is 9.78 Å². The molecule has 0 aliphatic rings. The maximum atomic E-state index is 12.3. The summed E-state index contributed by atoms with van der Waals surface area (Å²) in [6.07, 6.45) is -1.18. The standard InChI is InChI=1S/C8H6ClF2NO/c1-4-5(3-13)6(9)2-12-7(4)8(10)11/h2-3,8H,1H3. The van der Waals surface area contributed by atoms with Gasteiger partial charge in [-0.05, 0) is 12.5 Å². The SMILES string of the molecule is Cc1c(C(F)F)ncc(Cl)c1C=O. The van der Waals surface area contributed by atoms with E-state index in [1.54, 1.807) is 0 Å². The van der Waals surface area contributed by atoms with Crippen molar-refractivity contribution in [3.63, 3.8) is 0 Å². The summed E-state index contributed by atoms with van der Waals surface area (Å²) in [4.78, 5) is 13.9. The van der Waals surface area contributed by atoms with Crippen molar-refractivity contribution >= 4 is 17.9 Å². The van der Waals surface area contributed by atoms with Crippen LogP contribution in [0.25, 0.3) is 0 Å². The van der Waals surface area contributed by atoms with Crippen LogP contribution in [0, 0.1) is 6.92 Å². The molecule has 0 atom stereocenters. The Kier molecular flexibility index (Phi) is 2.93. The molecular formula is C8H6ClF2NO. The Balaban J connectivity index is 3.35. The molecule has 0 aliphatic heterocycles. The molecule has 0 spiro atoms. The second kappa shape index (κ2) is 3.79. The molecule has 0 unspecified atom stereocenters. The third kappa shape index (κ3) is 1.83. The topological polar surface area (TPSA) is 30.0 Å². The van der Waals surface area contributed by atoms with Crippen LogP contribution in [-0.2, 0) is 0 Å². The summed E-state index contributed by atoms with van der Waals surface area (Å²) in [5.74, 6) is 0. The molecule has 13 heavy (non-hydrogen) atoms. The van der Waals surface area contributed by atoms with Gasteiger partial charge in [0.2, 0.25) is 0 Å². The highest BCUT2D eigenvalue weighted by atomic mass is 35.5. The summed E-state index contributed by atoms with van der Waals surface area (Å²) < 4.78 is 24.5. The molecule has 2 nitrogen and oxygen atoms in total. The van der Waals surface area contributed by atoms with Gasteiger partial charge in [0.25, 0.3) is 6.43 Å². The van der Waals surface area contributed by atoms with Gasteiger partial charge in [-0.2, -0.15) is 0 Å². The normalized spacial score (nSPS) is 10.5. The van der Waals surface area contributed by atoms with Gasteiger partial charge in [0.1, 0.15) is 5.69 Å². The van der Waals surface area contributed by atoms with Crippen molar-refractivity contribution in [3.05, 3.63) is 28.0 Å². The first kappa shape index (κ1) is 10.1. The van der Waals surface area contributed by atoms with E-state index < -0.39 is 12.1 Å². The summed E-state index contributed by atoms with van der Waals surface area (Å²) in [5, 5.41) is 0.0944. The average molecular weight is 206 g/mol. The van der Waals surface area contributed by atoms with Gasteiger partial charge in [-0.15, -0.1) is 0 Å². The lowest BCUT2D eigenvalue weighted by molar-refractivity contribution is 0.112. The fraction of sp³-hybridized carbons (Fsp3) is 0.250. The van der Waals surface area contributed by atoms with Crippen molar-refractivity contribution in [2.24, 2.45) is 0 Å². The fourth-order valence-corrected chi connectivity index (χ4v) is 1.21. The van der Waals surface area contributed by atoms with Gasteiger partial charge in [0, 0.05) is 11.8 Å². The van der Waals surface area contributed by atoms with Gasteiger partial charge < -0.3 is 0 Å². The molecule has 0 aliphatic carbocycles. The molecule has 0 bridgehead atoms. The van der Waals surface area contributed by atoms with E-state index in [2.05, 4.69) is 4.98 Å². The number of aromatic nitrogens is 1. The number of rotatable bonds is 2. The van der Waals surface area contributed by atoms with E-state index in [1.165, 1.54) is 6.92 Å². The number of pyridine rings is 1. The molecule has 0 aromatic carbocycles. The highest BCUT2D eigenvalue weighted by Crippen LogP contribution is 2.25. The highest BCUT2D eigenvalue weighted by Gasteiger charge is 2.16. The van der Waals surface area contributed by atoms with E-state index in [1.807, 2.05) is 0 Å². The fourth-order valence-electron chi connectivity index (χ4n) is 0.974. The van der Waals surface area contributed by atoms with E-state index in [9.17, 15) is 13.6 Å². The number of halogens is 3. The zero-order valence-electron chi connectivity index (χ0n) is 6.72. The molecule has 0 fully saturated rings. The van der Waals surface area contributed by atoms with Crippen LogP contribution in [0.3, 0.4) is 0 Å². The van der Waals surface area contributed by atoms with Crippen LogP contribution in [0.15, 0.2) is 6.20 Å². The smallest absolute Gasteiger partial charge is 0.280 e. The third-order valence-corrected chi connectivity index (χ3v) is 1.99. The maximum absolute atomic E-state index is 12.3. The molecule has 1 rings (SSSR count). The van der Waals surface area contributed by atoms with E-state index in [-0.39, 0.29) is 16.1 Å². The first-order valence-electron chi connectivity index (χ1n) is 3.46. The van der Waals surface area contributed by atoms with Crippen molar-refractivity contribution in [1.29, 1.82) is 0 Å². The number of nitrogens with zero attached hydrogens (tertiary/aromatic N) is 1. The molecule has 1 aromatic heterocycles. The van der Waals surface area contributed by atoms with E-state index in [0.29, 0.717) is 6.29 Å². The molecule has 5 heteroatoms. The maximum Gasteiger partial charge on any atom is 0.280 e. The van der Waals surface area contributed by atoms with Crippen molar-refractivity contribution in [3.8, 4) is 0 Å². The second-order valence-corrected chi connectivity index (χ2v) is 2.86. The van der Waals surface area contributed by atoms with Crippen LogP contribution in [0.4, 0.5) is 8.78 Å². The van der Waals surface area contributed by atoms with Crippen LogP contribution in [0.1, 0.15) is 28.0 Å². The van der Waals surface area contributed by atoms with Crippen molar-refractivity contribution in [2.45, 2.75) is 13.3 Å². The monoisotopic (exact) mass is 205 g/mol. The Morgan fingerprint density at radius 3 is 2.69 bits per heavy atom. The summed E-state index contributed by atoms with van der Waals surface area (Å²) in [6, 6.07) is 0. The molecule has 1 aromatic rings. The first-order valence-corrected chi connectivity index (χ1v) is 3.84. The second-order valence-electron chi connectivity index (χ2n) is 2.45. The summed E-state index contributed by atoms with van der Waals surface area (Å²) in [6.45, 7) is 1.39. The van der Waals surface area contributed by atoms with E-state index in [4.69, 9.17) is 11.6 Å². The van der Waals surface area contributed by atoms with Crippen LogP contribution < -0.4 is 0 Å². The van der Waals surface area contributed by atoms with Gasteiger partial charge in [0.15, 0.2) is 6.29 Å². The van der Waals surface area contributed by atoms with Crippen molar-refractivity contribution < 1.29 is 13.6 Å². The zero-order valence-corrected chi connectivity index (χ0v) is 7.48. The summed E-state index contributed by atoms with van der Waals surface area (Å²) in [7, 11) is 0. The molecule has 0 saturated heterocycles. The number of carbonyl (C=O) groups excluding carboxylic acids is 1. The minimum Gasteiger partial charge on any atom is -0.298 e. The first-order chi connectivity index (χ1) is 6.07. The summed E-state index contributed by atoms with van der Waals surface area (Å²) in [5.41, 5.74) is -0.184. The van der Waals surface area contributed by atoms with Crippen LogP contribution in [0.2, 0.25) is 5.02 Å². The van der Waals surface area contributed by atoms with Gasteiger partial charge in [-0.25, -0.2) is 8.78 Å². The lowest BCUT2D eigenvalue weighted by Gasteiger charge is -2.06. The van der Waals surface area contributed by atoms with Gasteiger partial charge in [0.05, 0.1) is 5.02 Å². The number of carbonyl (C=O) groups is 1. The molecule has 0 radical (unpaired) electrons. The van der Waals surface area contributed by atoms with Crippen molar-refractivity contribution in [1.82, 2.24) is 4.98 Å². The molecule has 1 heterocycles. The Morgan fingerprint density at radius 1 is 1.62 bits per heavy atom. The highest BCUT2D eigenvalue weighted by molar-refractivity contribution is 6.33. The number of alkyl halides is 2. The molecule has 0 N–H and O–H groups in total. The average Bonchev–Trinajstić information content (AvgIpc) is 2.04. The van der Waals surface area contributed by atoms with Gasteiger partial charge >= 0.3 is 0 Å². The molecule has 70 valence electrons. The van der Waals surface area contributed by atoms with Gasteiger partial charge in [-0.1, -0.05) is 11.6 Å². The largest absolute Gasteiger partial charge is 0.298 e. The minimum absolute atomic E-state index is 0.0759. The van der Waals surface area contributed by atoms with Crippen LogP contribution in [0.5, 0.6) is 0 Å². The minimum atomic E-state index is -2.68. The quantitative estimate of drug-likeness (QED) is 0.695. The Hall–Kier alpha value is -1.03. The number of hydrogen-bond acceptors (Lipinski definition) is 2. The molecular weight excluding hydrogens is 200 g/mol. The Bertz CT molecular complexity index is 341. The van der Waals surface area contributed by atoms with Crippen LogP contribution in [-0.4, -0.2) is 11.3 Å². The lowest BCUT2D eigenvalue weighted by atomic mass is 10.1. The zero-order chi connectivity index (χ0) is 10.0. The Morgan fingerprint density at radius 2 is 2.23 bits per heavy atom. The predicted molar refractivity (Wildman–Crippen MR) is 44.3 cm³/mol. The molecule has 0 amide bonds. The molecule has 0 saturated carbocycles. The van der Waals surface area contributed by atoms with E-state index >= 15 is 0 Å². The summed E-state index contributed by atoms with van der Waals surface area (Å²) >= 11 is 5.57. The lowest BCUT2D eigenvalue weighted by Crippen LogP contribution is -1.99. The van der Waals surface area contributed by atoms with Crippen LogP contribution >= 0.6 is 11.6 Å². The Labute approximate surface area is 78.5 Å². The van der Waals surface area contributed by atoms with E-state index in [0.717, 1.165) is 6.20 Å². The third-order valence-electron chi connectivity index (χ3n) is 1.69.